The van der Waals surface area contributed by atoms with Crippen LogP contribution in [0.4, 0.5) is 0 Å². The van der Waals surface area contributed by atoms with E-state index in [0.29, 0.717) is 6.61 Å². The summed E-state index contributed by atoms with van der Waals surface area (Å²) in [4.78, 5) is 10.2. The third-order valence-corrected chi connectivity index (χ3v) is 1.40. The van der Waals surface area contributed by atoms with Crippen molar-refractivity contribution in [2.45, 2.75) is 47.5 Å². The molecule has 15 heavy (non-hydrogen) atoms. The predicted molar refractivity (Wildman–Crippen MR) is 65.8 cm³/mol. The number of rotatable bonds is 4. The minimum atomic E-state index is -0.226. The second-order valence-corrected chi connectivity index (χ2v) is 3.37. The van der Waals surface area contributed by atoms with Gasteiger partial charge in [-0.05, 0) is 26.7 Å². The van der Waals surface area contributed by atoms with Gasteiger partial charge in [-0.3, -0.25) is 4.79 Å². The molecular weight excluding hydrogens is 188 g/mol. The van der Waals surface area contributed by atoms with Crippen molar-refractivity contribution < 1.29 is 9.53 Å². The van der Waals surface area contributed by atoms with Crippen LogP contribution in [-0.4, -0.2) is 12.6 Å². The van der Waals surface area contributed by atoms with Gasteiger partial charge in [-0.25, -0.2) is 0 Å². The van der Waals surface area contributed by atoms with Crippen LogP contribution in [0, 0.1) is 0 Å². The lowest BCUT2D eigenvalue weighted by atomic mass is 10.3. The molecule has 0 aliphatic heterocycles. The van der Waals surface area contributed by atoms with E-state index >= 15 is 0 Å². The molecular formula is C13H24O2. The summed E-state index contributed by atoms with van der Waals surface area (Å²) < 4.78 is 4.62. The summed E-state index contributed by atoms with van der Waals surface area (Å²) in [5.74, 6) is -0.226. The maximum Gasteiger partial charge on any atom is 0.302 e. The van der Waals surface area contributed by atoms with E-state index in [1.54, 1.807) is 0 Å². The lowest BCUT2D eigenvalue weighted by Gasteiger charge is -1.92. The molecule has 2 heteroatoms. The maximum atomic E-state index is 10.2. The summed E-state index contributed by atoms with van der Waals surface area (Å²) >= 11 is 0. The van der Waals surface area contributed by atoms with Gasteiger partial charge in [-0.1, -0.05) is 37.6 Å². The van der Waals surface area contributed by atoms with E-state index in [1.807, 2.05) is 19.1 Å². The minimum absolute atomic E-state index is 0.226. The molecule has 0 aromatic rings. The average Bonchev–Trinajstić information content (AvgIpc) is 2.13. The highest BCUT2D eigenvalue weighted by atomic mass is 16.5. The Morgan fingerprint density at radius 2 is 1.67 bits per heavy atom. The van der Waals surface area contributed by atoms with Gasteiger partial charge in [-0.2, -0.15) is 0 Å². The van der Waals surface area contributed by atoms with Crippen LogP contribution in [0.15, 0.2) is 23.8 Å². The van der Waals surface area contributed by atoms with Crippen LogP contribution in [0.1, 0.15) is 47.5 Å². The van der Waals surface area contributed by atoms with Crippen molar-refractivity contribution in [2.75, 3.05) is 6.61 Å². The molecule has 0 amide bonds. The van der Waals surface area contributed by atoms with E-state index in [9.17, 15) is 4.79 Å². The van der Waals surface area contributed by atoms with Gasteiger partial charge in [0.05, 0.1) is 0 Å². The standard InChI is InChI=1S/C7H12O2.C6H12/c1-3-4-5-6-9-7(2)8;1-4-5-6(2)3/h4-5H,3,6H2,1-2H3;5H,4H2,1-3H3. The van der Waals surface area contributed by atoms with Gasteiger partial charge in [0.2, 0.25) is 0 Å². The Morgan fingerprint density at radius 1 is 1.07 bits per heavy atom. The van der Waals surface area contributed by atoms with Crippen LogP contribution in [0.5, 0.6) is 0 Å². The average molecular weight is 212 g/mol. The van der Waals surface area contributed by atoms with Crippen molar-refractivity contribution in [3.63, 3.8) is 0 Å². The van der Waals surface area contributed by atoms with Crippen LogP contribution >= 0.6 is 0 Å². The lowest BCUT2D eigenvalue weighted by molar-refractivity contribution is -0.139. The Bertz CT molecular complexity index is 199. The predicted octanol–water partition coefficient (Wildman–Crippen LogP) is 3.88. The molecule has 0 bridgehead atoms. The lowest BCUT2D eigenvalue weighted by Crippen LogP contribution is -1.96. The first kappa shape index (κ1) is 16.4. The largest absolute Gasteiger partial charge is 0.462 e. The minimum Gasteiger partial charge on any atom is -0.462 e. The molecule has 0 N–H and O–H groups in total. The Balaban J connectivity index is 0. The van der Waals surface area contributed by atoms with Gasteiger partial charge in [-0.15, -0.1) is 0 Å². The Morgan fingerprint density at radius 3 is 1.93 bits per heavy atom. The van der Waals surface area contributed by atoms with Crippen molar-refractivity contribution in [2.24, 2.45) is 0 Å². The van der Waals surface area contributed by atoms with Gasteiger partial charge >= 0.3 is 5.97 Å². The molecule has 0 aliphatic carbocycles. The molecule has 0 rings (SSSR count). The number of hydrogen-bond donors (Lipinski definition) is 0. The summed E-state index contributed by atoms with van der Waals surface area (Å²) in [6.07, 6.45) is 8.16. The van der Waals surface area contributed by atoms with E-state index in [0.717, 1.165) is 6.42 Å². The second-order valence-electron chi connectivity index (χ2n) is 3.37. The molecule has 0 aliphatic rings. The smallest absolute Gasteiger partial charge is 0.302 e. The van der Waals surface area contributed by atoms with Crippen LogP contribution in [0.25, 0.3) is 0 Å². The van der Waals surface area contributed by atoms with Gasteiger partial charge in [0.25, 0.3) is 0 Å². The highest BCUT2D eigenvalue weighted by Gasteiger charge is 1.84. The van der Waals surface area contributed by atoms with Gasteiger partial charge < -0.3 is 4.74 Å². The van der Waals surface area contributed by atoms with Crippen molar-refractivity contribution >= 4 is 5.97 Å². The van der Waals surface area contributed by atoms with Crippen LogP contribution in [0.2, 0.25) is 0 Å². The maximum absolute atomic E-state index is 10.2. The molecule has 0 radical (unpaired) electrons. The highest BCUT2D eigenvalue weighted by Crippen LogP contribution is 1.89. The molecule has 0 spiro atoms. The third-order valence-electron chi connectivity index (χ3n) is 1.40. The number of esters is 1. The zero-order chi connectivity index (χ0) is 12.1. The van der Waals surface area contributed by atoms with Crippen LogP contribution < -0.4 is 0 Å². The number of allylic oxidation sites excluding steroid dienone is 3. The number of hydrogen-bond acceptors (Lipinski definition) is 2. The Hall–Kier alpha value is -1.05. The monoisotopic (exact) mass is 212 g/mol. The molecule has 0 fully saturated rings. The zero-order valence-corrected chi connectivity index (χ0v) is 10.7. The highest BCUT2D eigenvalue weighted by molar-refractivity contribution is 5.65. The normalized spacial score (nSPS) is 9.13. The van der Waals surface area contributed by atoms with Crippen molar-refractivity contribution in [3.05, 3.63) is 23.8 Å². The van der Waals surface area contributed by atoms with Crippen LogP contribution in [0.3, 0.4) is 0 Å². The molecule has 2 nitrogen and oxygen atoms in total. The van der Waals surface area contributed by atoms with Crippen molar-refractivity contribution in [1.82, 2.24) is 0 Å². The van der Waals surface area contributed by atoms with Crippen molar-refractivity contribution in [3.8, 4) is 0 Å². The first-order valence-electron chi connectivity index (χ1n) is 5.46. The Labute approximate surface area is 94.0 Å². The van der Waals surface area contributed by atoms with E-state index in [2.05, 4.69) is 31.6 Å². The molecule has 0 saturated carbocycles. The summed E-state index contributed by atoms with van der Waals surface area (Å²) in [7, 11) is 0. The summed E-state index contributed by atoms with van der Waals surface area (Å²) in [6, 6.07) is 0. The quantitative estimate of drug-likeness (QED) is 0.522. The van der Waals surface area contributed by atoms with Gasteiger partial charge in [0, 0.05) is 6.92 Å². The fourth-order valence-electron chi connectivity index (χ4n) is 0.808. The third kappa shape index (κ3) is 24.6. The van der Waals surface area contributed by atoms with E-state index < -0.39 is 0 Å². The SMILES string of the molecule is CCC=C(C)C.CCC=CCOC(C)=O. The second kappa shape index (κ2) is 12.9. The topological polar surface area (TPSA) is 26.3 Å². The molecule has 0 saturated heterocycles. The first-order chi connectivity index (χ1) is 7.04. The number of carbonyl (C=O) groups is 1. The first-order valence-corrected chi connectivity index (χ1v) is 5.46. The number of ether oxygens (including phenoxy) is 1. The van der Waals surface area contributed by atoms with Crippen molar-refractivity contribution in [1.29, 1.82) is 0 Å². The van der Waals surface area contributed by atoms with Gasteiger partial charge in [0.1, 0.15) is 6.61 Å². The molecule has 0 aromatic heterocycles. The van der Waals surface area contributed by atoms with E-state index in [-0.39, 0.29) is 5.97 Å². The molecule has 0 aromatic carbocycles. The molecule has 88 valence electrons. The van der Waals surface area contributed by atoms with E-state index in [1.165, 1.54) is 18.9 Å². The fraction of sp³-hybridized carbons (Fsp3) is 0.615. The summed E-state index contributed by atoms with van der Waals surface area (Å²) in [5.41, 5.74) is 1.41. The Kier molecular flexibility index (Phi) is 14.1. The van der Waals surface area contributed by atoms with Gasteiger partial charge in [0.15, 0.2) is 0 Å². The number of carbonyl (C=O) groups excluding carboxylic acids is 1. The summed E-state index contributed by atoms with van der Waals surface area (Å²) in [5, 5.41) is 0. The van der Waals surface area contributed by atoms with Crippen LogP contribution in [-0.2, 0) is 9.53 Å². The zero-order valence-electron chi connectivity index (χ0n) is 10.7. The fourth-order valence-corrected chi connectivity index (χ4v) is 0.808. The molecule has 0 heterocycles. The molecule has 0 unspecified atom stereocenters. The molecule has 0 atom stereocenters. The van der Waals surface area contributed by atoms with E-state index in [4.69, 9.17) is 0 Å². The summed E-state index contributed by atoms with van der Waals surface area (Å²) in [6.45, 7) is 10.2.